The molecule has 0 saturated heterocycles. The van der Waals surface area contributed by atoms with Gasteiger partial charge in [-0.15, -0.1) is 0 Å². The van der Waals surface area contributed by atoms with E-state index in [-0.39, 0.29) is 0 Å². The minimum Gasteiger partial charge on any atom is -0.295 e. The zero-order valence-electron chi connectivity index (χ0n) is 13.4. The Labute approximate surface area is 124 Å². The fourth-order valence-corrected chi connectivity index (χ4v) is 5.35. The summed E-state index contributed by atoms with van der Waals surface area (Å²) in [5.41, 5.74) is 0.532. The number of carbonyl (C=O) groups excluding carboxylic acids is 1. The standard InChI is InChI=1S/C19H30O/c1-13-5-4-12-19(3)16(13)9-10-17(19)14(2)6-11-18(20)15-7-8-15/h6,11,13-17H,4-5,7-10,12H2,1-3H3/b11-6+/t13-,14+,16-,17?,19-/m0/s1. The molecule has 0 radical (unpaired) electrons. The van der Waals surface area contributed by atoms with E-state index in [2.05, 4.69) is 26.8 Å². The number of hydrogen-bond donors (Lipinski definition) is 0. The molecule has 3 aliphatic rings. The average Bonchev–Trinajstić information content (AvgIpc) is 3.18. The molecule has 1 unspecified atom stereocenters. The van der Waals surface area contributed by atoms with Gasteiger partial charge in [-0.25, -0.2) is 0 Å². The third-order valence-corrected chi connectivity index (χ3v) is 6.72. The van der Waals surface area contributed by atoms with Crippen molar-refractivity contribution in [1.82, 2.24) is 0 Å². The van der Waals surface area contributed by atoms with Crippen molar-refractivity contribution in [3.8, 4) is 0 Å². The fourth-order valence-electron chi connectivity index (χ4n) is 5.35. The molecule has 0 spiro atoms. The molecular weight excluding hydrogens is 244 g/mol. The van der Waals surface area contributed by atoms with E-state index in [0.717, 1.165) is 30.6 Å². The molecule has 5 atom stereocenters. The van der Waals surface area contributed by atoms with Crippen LogP contribution in [0.4, 0.5) is 0 Å². The fraction of sp³-hybridized carbons (Fsp3) is 0.842. The highest BCUT2D eigenvalue weighted by atomic mass is 16.1. The van der Waals surface area contributed by atoms with Crippen molar-refractivity contribution in [1.29, 1.82) is 0 Å². The molecule has 0 bridgehead atoms. The van der Waals surface area contributed by atoms with E-state index in [9.17, 15) is 4.79 Å². The number of hydrogen-bond acceptors (Lipinski definition) is 1. The van der Waals surface area contributed by atoms with Crippen LogP contribution in [0.3, 0.4) is 0 Å². The lowest BCUT2D eigenvalue weighted by molar-refractivity contribution is -0.115. The van der Waals surface area contributed by atoms with Crippen molar-refractivity contribution in [3.63, 3.8) is 0 Å². The zero-order valence-corrected chi connectivity index (χ0v) is 13.4. The maximum Gasteiger partial charge on any atom is 0.158 e. The Morgan fingerprint density at radius 2 is 1.95 bits per heavy atom. The first-order chi connectivity index (χ1) is 9.52. The monoisotopic (exact) mass is 274 g/mol. The lowest BCUT2D eigenvalue weighted by Crippen LogP contribution is -2.37. The SMILES string of the molecule is C[C@H](/C=C/C(=O)C1CC1)C1CC[C@H]2[C@@H](C)CCC[C@]12C. The van der Waals surface area contributed by atoms with Gasteiger partial charge in [0.1, 0.15) is 0 Å². The molecule has 0 aromatic rings. The quantitative estimate of drug-likeness (QED) is 0.659. The second kappa shape index (κ2) is 5.31. The van der Waals surface area contributed by atoms with E-state index in [0.29, 0.717) is 23.0 Å². The predicted molar refractivity (Wildman–Crippen MR) is 83.4 cm³/mol. The first kappa shape index (κ1) is 14.4. The second-order valence-electron chi connectivity index (χ2n) is 8.06. The summed E-state index contributed by atoms with van der Waals surface area (Å²) >= 11 is 0. The summed E-state index contributed by atoms with van der Waals surface area (Å²) < 4.78 is 0. The molecule has 0 aromatic carbocycles. The summed E-state index contributed by atoms with van der Waals surface area (Å²) in [5, 5.41) is 0. The van der Waals surface area contributed by atoms with Crippen LogP contribution in [0.1, 0.15) is 65.7 Å². The highest BCUT2D eigenvalue weighted by Gasteiger charge is 2.50. The third kappa shape index (κ3) is 2.49. The van der Waals surface area contributed by atoms with Crippen LogP contribution >= 0.6 is 0 Å². The van der Waals surface area contributed by atoms with Crippen LogP contribution in [0, 0.1) is 35.0 Å². The summed E-state index contributed by atoms with van der Waals surface area (Å²) in [6, 6.07) is 0. The average molecular weight is 274 g/mol. The van der Waals surface area contributed by atoms with Gasteiger partial charge in [0.25, 0.3) is 0 Å². The number of fused-ring (bicyclic) bond motifs is 1. The summed E-state index contributed by atoms with van der Waals surface area (Å²) in [6.07, 6.45) is 13.4. The minimum atomic E-state index is 0.375. The molecule has 0 N–H and O–H groups in total. The van der Waals surface area contributed by atoms with Crippen molar-refractivity contribution in [2.45, 2.75) is 65.7 Å². The van der Waals surface area contributed by atoms with Crippen molar-refractivity contribution in [2.24, 2.45) is 35.0 Å². The van der Waals surface area contributed by atoms with E-state index in [1.165, 1.54) is 32.1 Å². The van der Waals surface area contributed by atoms with Gasteiger partial charge in [-0.1, -0.05) is 39.7 Å². The van der Waals surface area contributed by atoms with Crippen LogP contribution in [0.15, 0.2) is 12.2 Å². The van der Waals surface area contributed by atoms with Gasteiger partial charge in [0.05, 0.1) is 0 Å². The van der Waals surface area contributed by atoms with Crippen molar-refractivity contribution in [3.05, 3.63) is 12.2 Å². The van der Waals surface area contributed by atoms with Crippen LogP contribution in [-0.2, 0) is 4.79 Å². The van der Waals surface area contributed by atoms with Crippen molar-refractivity contribution < 1.29 is 4.79 Å². The normalized spacial score (nSPS) is 42.6. The van der Waals surface area contributed by atoms with Gasteiger partial charge < -0.3 is 0 Å². The van der Waals surface area contributed by atoms with Gasteiger partial charge in [0.2, 0.25) is 0 Å². The Kier molecular flexibility index (Phi) is 3.81. The number of rotatable bonds is 4. The van der Waals surface area contributed by atoms with Crippen LogP contribution in [0.2, 0.25) is 0 Å². The van der Waals surface area contributed by atoms with Gasteiger partial charge in [0.15, 0.2) is 5.78 Å². The Morgan fingerprint density at radius 1 is 1.20 bits per heavy atom. The summed E-state index contributed by atoms with van der Waals surface area (Å²) in [5.74, 6) is 3.95. The topological polar surface area (TPSA) is 17.1 Å². The predicted octanol–water partition coefficient (Wildman–Crippen LogP) is 5.01. The molecule has 3 fully saturated rings. The first-order valence-electron chi connectivity index (χ1n) is 8.74. The van der Waals surface area contributed by atoms with Crippen LogP contribution in [0.25, 0.3) is 0 Å². The van der Waals surface area contributed by atoms with E-state index < -0.39 is 0 Å². The van der Waals surface area contributed by atoms with Gasteiger partial charge in [-0.2, -0.15) is 0 Å². The largest absolute Gasteiger partial charge is 0.295 e. The molecule has 0 amide bonds. The number of ketones is 1. The molecule has 0 heterocycles. The van der Waals surface area contributed by atoms with E-state index in [1.54, 1.807) is 0 Å². The summed E-state index contributed by atoms with van der Waals surface area (Å²) in [7, 11) is 0. The number of carbonyl (C=O) groups is 1. The molecule has 0 aliphatic heterocycles. The van der Waals surface area contributed by atoms with Crippen LogP contribution in [-0.4, -0.2) is 5.78 Å². The van der Waals surface area contributed by atoms with E-state index in [1.807, 2.05) is 6.08 Å². The molecule has 0 aromatic heterocycles. The summed E-state index contributed by atoms with van der Waals surface area (Å²) in [4.78, 5) is 11.9. The Balaban J connectivity index is 1.68. The maximum atomic E-state index is 11.9. The minimum absolute atomic E-state index is 0.375. The first-order valence-corrected chi connectivity index (χ1v) is 8.74. The second-order valence-corrected chi connectivity index (χ2v) is 8.06. The Morgan fingerprint density at radius 3 is 2.65 bits per heavy atom. The van der Waals surface area contributed by atoms with Crippen molar-refractivity contribution >= 4 is 5.78 Å². The molecule has 20 heavy (non-hydrogen) atoms. The molecule has 3 rings (SSSR count). The van der Waals surface area contributed by atoms with Gasteiger partial charge in [-0.3, -0.25) is 4.79 Å². The lowest BCUT2D eigenvalue weighted by Gasteiger charge is -2.45. The molecule has 1 heteroatoms. The highest BCUT2D eigenvalue weighted by molar-refractivity contribution is 5.93. The van der Waals surface area contributed by atoms with Gasteiger partial charge >= 0.3 is 0 Å². The third-order valence-electron chi connectivity index (χ3n) is 6.72. The summed E-state index contributed by atoms with van der Waals surface area (Å²) in [6.45, 7) is 7.34. The van der Waals surface area contributed by atoms with E-state index >= 15 is 0 Å². The molecule has 1 nitrogen and oxygen atoms in total. The molecule has 3 aliphatic carbocycles. The van der Waals surface area contributed by atoms with Gasteiger partial charge in [0, 0.05) is 5.92 Å². The van der Waals surface area contributed by atoms with Crippen LogP contribution < -0.4 is 0 Å². The smallest absolute Gasteiger partial charge is 0.158 e. The highest BCUT2D eigenvalue weighted by Crippen LogP contribution is 2.59. The maximum absolute atomic E-state index is 11.9. The van der Waals surface area contributed by atoms with Gasteiger partial charge in [-0.05, 0) is 67.3 Å². The molecule has 112 valence electrons. The lowest BCUT2D eigenvalue weighted by atomic mass is 9.60. The Hall–Kier alpha value is -0.590. The van der Waals surface area contributed by atoms with Crippen molar-refractivity contribution in [2.75, 3.05) is 0 Å². The molecule has 3 saturated carbocycles. The van der Waals surface area contributed by atoms with Crippen LogP contribution in [0.5, 0.6) is 0 Å². The van der Waals surface area contributed by atoms with E-state index in [4.69, 9.17) is 0 Å². The molecular formula is C19H30O. The Bertz CT molecular complexity index is 406. The number of allylic oxidation sites excluding steroid dienone is 2. The zero-order chi connectivity index (χ0) is 14.3.